The molecule has 0 unspecified atom stereocenters. The molecule has 1 amide bonds. The summed E-state index contributed by atoms with van der Waals surface area (Å²) >= 11 is 0. The van der Waals surface area contributed by atoms with Gasteiger partial charge < -0.3 is 5.32 Å². The normalized spacial score (nSPS) is 12.4. The van der Waals surface area contributed by atoms with E-state index < -0.39 is 41.1 Å². The Labute approximate surface area is 99.6 Å². The zero-order chi connectivity index (χ0) is 15.0. The van der Waals surface area contributed by atoms with Gasteiger partial charge in [-0.1, -0.05) is 0 Å². The second-order valence-electron chi connectivity index (χ2n) is 3.27. The largest absolute Gasteiger partial charge is 0.463 e. The van der Waals surface area contributed by atoms with Crippen molar-refractivity contribution in [2.45, 2.75) is 12.1 Å². The number of hydrogen-bond donors (Lipinski definition) is 1. The molecule has 0 aliphatic carbocycles. The molecule has 19 heavy (non-hydrogen) atoms. The maximum atomic E-state index is 12.9. The molecule has 0 saturated heterocycles. The molecule has 2 nitrogen and oxygen atoms in total. The Bertz CT molecular complexity index is 510. The van der Waals surface area contributed by atoms with Crippen molar-refractivity contribution in [3.63, 3.8) is 0 Å². The highest BCUT2D eigenvalue weighted by Crippen LogP contribution is 2.36. The van der Waals surface area contributed by atoms with Crippen molar-refractivity contribution >= 4 is 11.6 Å². The lowest BCUT2D eigenvalue weighted by molar-refractivity contribution is -0.267. The Balaban J connectivity index is 3.05. The van der Waals surface area contributed by atoms with Crippen LogP contribution >= 0.6 is 0 Å². The number of anilines is 1. The molecular weight excluding hydrogens is 290 g/mol. The fraction of sp³-hybridized carbons (Fsp3) is 0.222. The Morgan fingerprint density at radius 3 is 1.84 bits per heavy atom. The molecule has 0 fully saturated rings. The standard InChI is InChI=1S/C9H3F8NO/c10-3-1-5(12)6(2-4(3)11)18-7(19)8(13,14)9(15,16)17/h1-2H,(H,18,19). The summed E-state index contributed by atoms with van der Waals surface area (Å²) in [7, 11) is 0. The molecule has 0 heterocycles. The third kappa shape index (κ3) is 2.93. The van der Waals surface area contributed by atoms with Crippen molar-refractivity contribution in [2.24, 2.45) is 0 Å². The first kappa shape index (κ1) is 15.2. The van der Waals surface area contributed by atoms with Crippen LogP contribution in [0.4, 0.5) is 40.8 Å². The van der Waals surface area contributed by atoms with Gasteiger partial charge in [0.2, 0.25) is 0 Å². The molecule has 1 N–H and O–H groups in total. The fourth-order valence-corrected chi connectivity index (χ4v) is 0.948. The number of benzene rings is 1. The van der Waals surface area contributed by atoms with Gasteiger partial charge in [0.1, 0.15) is 5.82 Å². The van der Waals surface area contributed by atoms with Gasteiger partial charge in [-0.25, -0.2) is 13.2 Å². The van der Waals surface area contributed by atoms with E-state index in [0.29, 0.717) is 0 Å². The molecule has 1 aromatic carbocycles. The van der Waals surface area contributed by atoms with Crippen LogP contribution in [0.2, 0.25) is 0 Å². The van der Waals surface area contributed by atoms with Gasteiger partial charge in [0.05, 0.1) is 5.69 Å². The first-order valence-corrected chi connectivity index (χ1v) is 4.37. The molecule has 0 bridgehead atoms. The second kappa shape index (κ2) is 4.67. The average molecular weight is 293 g/mol. The van der Waals surface area contributed by atoms with Crippen LogP contribution in [0, 0.1) is 17.5 Å². The molecule has 0 spiro atoms. The van der Waals surface area contributed by atoms with Gasteiger partial charge in [0, 0.05) is 12.1 Å². The molecule has 106 valence electrons. The summed E-state index contributed by atoms with van der Waals surface area (Å²) in [5, 5.41) is 0.834. The lowest BCUT2D eigenvalue weighted by Gasteiger charge is -2.18. The van der Waals surface area contributed by atoms with E-state index in [1.807, 2.05) is 0 Å². The van der Waals surface area contributed by atoms with Crippen molar-refractivity contribution in [1.82, 2.24) is 0 Å². The predicted molar refractivity (Wildman–Crippen MR) is 45.9 cm³/mol. The minimum absolute atomic E-state index is 0.0605. The van der Waals surface area contributed by atoms with Gasteiger partial charge in [0.25, 0.3) is 0 Å². The van der Waals surface area contributed by atoms with E-state index in [1.54, 1.807) is 0 Å². The fourth-order valence-electron chi connectivity index (χ4n) is 0.948. The minimum atomic E-state index is -6.20. The molecule has 0 radical (unpaired) electrons. The van der Waals surface area contributed by atoms with E-state index >= 15 is 0 Å². The summed E-state index contributed by atoms with van der Waals surface area (Å²) in [5.41, 5.74) is -1.34. The molecule has 1 aromatic rings. The van der Waals surface area contributed by atoms with Crippen LogP contribution in [0.1, 0.15) is 0 Å². The van der Waals surface area contributed by atoms with Gasteiger partial charge in [-0.2, -0.15) is 22.0 Å². The molecule has 0 aliphatic rings. The maximum absolute atomic E-state index is 12.9. The monoisotopic (exact) mass is 293 g/mol. The number of halogens is 8. The zero-order valence-corrected chi connectivity index (χ0v) is 8.59. The van der Waals surface area contributed by atoms with Crippen molar-refractivity contribution in [3.05, 3.63) is 29.6 Å². The van der Waals surface area contributed by atoms with E-state index in [1.165, 1.54) is 0 Å². The van der Waals surface area contributed by atoms with Crippen molar-refractivity contribution in [2.75, 3.05) is 5.32 Å². The number of amides is 1. The Morgan fingerprint density at radius 2 is 1.37 bits per heavy atom. The molecule has 10 heteroatoms. The third-order valence-electron chi connectivity index (χ3n) is 1.90. The van der Waals surface area contributed by atoms with Crippen LogP contribution in [-0.2, 0) is 4.79 Å². The van der Waals surface area contributed by atoms with E-state index in [2.05, 4.69) is 0 Å². The Hall–Kier alpha value is -1.87. The summed E-state index contributed by atoms with van der Waals surface area (Å²) in [6.07, 6.45) is -6.20. The summed E-state index contributed by atoms with van der Waals surface area (Å²) in [6.45, 7) is 0. The number of nitrogens with one attached hydrogen (secondary N) is 1. The summed E-state index contributed by atoms with van der Waals surface area (Å²) in [5.74, 6) is -13.8. The van der Waals surface area contributed by atoms with Crippen molar-refractivity contribution in [1.29, 1.82) is 0 Å². The molecule has 0 atom stereocenters. The quantitative estimate of drug-likeness (QED) is 0.658. The molecule has 0 saturated carbocycles. The molecular formula is C9H3F8NO. The smallest absolute Gasteiger partial charge is 0.318 e. The SMILES string of the molecule is O=C(Nc1cc(F)c(F)cc1F)C(F)(F)C(F)(F)F. The molecule has 0 aliphatic heterocycles. The number of rotatable bonds is 2. The first-order valence-electron chi connectivity index (χ1n) is 4.37. The van der Waals surface area contributed by atoms with Crippen LogP contribution in [-0.4, -0.2) is 18.0 Å². The number of alkyl halides is 5. The summed E-state index contributed by atoms with van der Waals surface area (Å²) in [6, 6.07) is -0.175. The van der Waals surface area contributed by atoms with Crippen LogP contribution in [0.15, 0.2) is 12.1 Å². The van der Waals surface area contributed by atoms with E-state index in [0.717, 1.165) is 5.32 Å². The van der Waals surface area contributed by atoms with E-state index in [9.17, 15) is 39.9 Å². The average Bonchev–Trinajstić information content (AvgIpc) is 2.24. The summed E-state index contributed by atoms with van der Waals surface area (Å²) < 4.78 is 98.4. The van der Waals surface area contributed by atoms with Gasteiger partial charge >= 0.3 is 18.0 Å². The number of carbonyl (C=O) groups excluding carboxylic acids is 1. The van der Waals surface area contributed by atoms with E-state index in [4.69, 9.17) is 0 Å². The topological polar surface area (TPSA) is 29.1 Å². The molecule has 0 aromatic heterocycles. The highest BCUT2D eigenvalue weighted by atomic mass is 19.4. The summed E-state index contributed by atoms with van der Waals surface area (Å²) in [4.78, 5) is 10.7. The van der Waals surface area contributed by atoms with Gasteiger partial charge in [-0.05, 0) is 0 Å². The van der Waals surface area contributed by atoms with Gasteiger partial charge in [0.15, 0.2) is 11.6 Å². The van der Waals surface area contributed by atoms with Crippen LogP contribution in [0.25, 0.3) is 0 Å². The lowest BCUT2D eigenvalue weighted by atomic mass is 10.2. The molecule has 1 rings (SSSR count). The Morgan fingerprint density at radius 1 is 0.895 bits per heavy atom. The Kier molecular flexibility index (Phi) is 3.73. The maximum Gasteiger partial charge on any atom is 0.463 e. The van der Waals surface area contributed by atoms with Gasteiger partial charge in [-0.3, -0.25) is 4.79 Å². The van der Waals surface area contributed by atoms with E-state index in [-0.39, 0.29) is 12.1 Å². The highest BCUT2D eigenvalue weighted by molar-refractivity contribution is 5.96. The first-order chi connectivity index (χ1) is 8.46. The van der Waals surface area contributed by atoms with Crippen molar-refractivity contribution in [3.8, 4) is 0 Å². The zero-order valence-electron chi connectivity index (χ0n) is 8.59. The second-order valence-corrected chi connectivity index (χ2v) is 3.27. The third-order valence-corrected chi connectivity index (χ3v) is 1.90. The van der Waals surface area contributed by atoms with Crippen LogP contribution in [0.5, 0.6) is 0 Å². The minimum Gasteiger partial charge on any atom is -0.318 e. The van der Waals surface area contributed by atoms with Crippen LogP contribution < -0.4 is 5.32 Å². The van der Waals surface area contributed by atoms with Crippen LogP contribution in [0.3, 0.4) is 0 Å². The number of hydrogen-bond acceptors (Lipinski definition) is 1. The number of carbonyl (C=O) groups is 1. The lowest BCUT2D eigenvalue weighted by Crippen LogP contribution is -2.47. The highest BCUT2D eigenvalue weighted by Gasteiger charge is 2.63. The predicted octanol–water partition coefficient (Wildman–Crippen LogP) is 3.24. The van der Waals surface area contributed by atoms with Gasteiger partial charge in [-0.15, -0.1) is 0 Å². The van der Waals surface area contributed by atoms with Crippen molar-refractivity contribution < 1.29 is 39.9 Å².